The molecule has 1 aliphatic heterocycles. The van der Waals surface area contributed by atoms with Gasteiger partial charge in [-0.3, -0.25) is 9.59 Å². The lowest BCUT2D eigenvalue weighted by atomic mass is 10.1. The van der Waals surface area contributed by atoms with E-state index in [1.54, 1.807) is 24.3 Å². The first kappa shape index (κ1) is 17.4. The molecule has 0 aliphatic carbocycles. The van der Waals surface area contributed by atoms with Crippen molar-refractivity contribution in [2.75, 3.05) is 17.2 Å². The van der Waals surface area contributed by atoms with Crippen molar-refractivity contribution in [3.05, 3.63) is 58.9 Å². The third-order valence-electron chi connectivity index (χ3n) is 3.81. The second-order valence-corrected chi connectivity index (χ2v) is 6.03. The molecule has 25 heavy (non-hydrogen) atoms. The first-order chi connectivity index (χ1) is 12.0. The lowest BCUT2D eigenvalue weighted by molar-refractivity contribution is -0.124. The van der Waals surface area contributed by atoms with Gasteiger partial charge in [0, 0.05) is 17.9 Å². The molecule has 2 amide bonds. The molecule has 2 N–H and O–H groups in total. The first-order valence-electron chi connectivity index (χ1n) is 7.82. The first-order valence-corrected chi connectivity index (χ1v) is 8.20. The molecule has 1 fully saturated rings. The van der Waals surface area contributed by atoms with Gasteiger partial charge in [0.1, 0.15) is 6.10 Å². The Labute approximate surface area is 149 Å². The summed E-state index contributed by atoms with van der Waals surface area (Å²) in [6.45, 7) is 0.575. The molecule has 0 spiro atoms. The zero-order valence-corrected chi connectivity index (χ0v) is 14.0. The molecule has 0 saturated carbocycles. The molecular formula is C18H16ClFN2O3. The maximum absolute atomic E-state index is 13.9. The fourth-order valence-electron chi connectivity index (χ4n) is 2.54. The number of benzene rings is 2. The van der Waals surface area contributed by atoms with Crippen LogP contribution in [-0.2, 0) is 9.53 Å². The van der Waals surface area contributed by atoms with E-state index in [9.17, 15) is 14.0 Å². The SMILES string of the molecule is O=C(Nc1cccc(Cl)c1F)c1cccc(NC(=O)[C@H]2CCCO2)c1. The number of nitrogens with one attached hydrogen (secondary N) is 2. The molecule has 130 valence electrons. The van der Waals surface area contributed by atoms with Crippen molar-refractivity contribution in [1.82, 2.24) is 0 Å². The molecule has 2 aromatic carbocycles. The lowest BCUT2D eigenvalue weighted by Gasteiger charge is -2.12. The lowest BCUT2D eigenvalue weighted by Crippen LogP contribution is -2.27. The molecule has 5 nitrogen and oxygen atoms in total. The van der Waals surface area contributed by atoms with Gasteiger partial charge in [-0.25, -0.2) is 4.39 Å². The van der Waals surface area contributed by atoms with Crippen LogP contribution in [0.5, 0.6) is 0 Å². The van der Waals surface area contributed by atoms with E-state index in [1.165, 1.54) is 18.2 Å². The molecule has 0 aromatic heterocycles. The number of rotatable bonds is 4. The molecule has 1 saturated heterocycles. The summed E-state index contributed by atoms with van der Waals surface area (Å²) in [6.07, 6.45) is 1.07. The quantitative estimate of drug-likeness (QED) is 0.868. The number of ether oxygens (including phenoxy) is 1. The van der Waals surface area contributed by atoms with Gasteiger partial charge in [-0.15, -0.1) is 0 Å². The molecule has 0 unspecified atom stereocenters. The maximum Gasteiger partial charge on any atom is 0.255 e. The highest BCUT2D eigenvalue weighted by Gasteiger charge is 2.23. The van der Waals surface area contributed by atoms with Crippen LogP contribution in [0.25, 0.3) is 0 Å². The maximum atomic E-state index is 13.9. The molecule has 1 aliphatic rings. The minimum absolute atomic E-state index is 0.00806. The predicted octanol–water partition coefficient (Wildman–Crippen LogP) is 3.85. The van der Waals surface area contributed by atoms with Gasteiger partial charge in [-0.2, -0.15) is 0 Å². The number of hydrogen-bond donors (Lipinski definition) is 2. The monoisotopic (exact) mass is 362 g/mol. The van der Waals surface area contributed by atoms with Gasteiger partial charge < -0.3 is 15.4 Å². The zero-order valence-electron chi connectivity index (χ0n) is 13.2. The van der Waals surface area contributed by atoms with Crippen molar-refractivity contribution in [3.63, 3.8) is 0 Å². The molecule has 7 heteroatoms. The van der Waals surface area contributed by atoms with Crippen LogP contribution in [0.2, 0.25) is 5.02 Å². The van der Waals surface area contributed by atoms with Crippen molar-refractivity contribution < 1.29 is 18.7 Å². The highest BCUT2D eigenvalue weighted by molar-refractivity contribution is 6.31. The topological polar surface area (TPSA) is 67.4 Å². The van der Waals surface area contributed by atoms with Crippen LogP contribution < -0.4 is 10.6 Å². The Morgan fingerprint density at radius 1 is 1.16 bits per heavy atom. The summed E-state index contributed by atoms with van der Waals surface area (Å²) >= 11 is 5.70. The highest BCUT2D eigenvalue weighted by Crippen LogP contribution is 2.23. The third-order valence-corrected chi connectivity index (χ3v) is 4.11. The second kappa shape index (κ2) is 7.63. The Morgan fingerprint density at radius 3 is 2.72 bits per heavy atom. The van der Waals surface area contributed by atoms with E-state index in [0.717, 1.165) is 6.42 Å². The highest BCUT2D eigenvalue weighted by atomic mass is 35.5. The van der Waals surface area contributed by atoms with Crippen LogP contribution in [0.15, 0.2) is 42.5 Å². The molecule has 2 aromatic rings. The molecule has 0 bridgehead atoms. The summed E-state index contributed by atoms with van der Waals surface area (Å²) in [7, 11) is 0. The Bertz CT molecular complexity index is 807. The summed E-state index contributed by atoms with van der Waals surface area (Å²) in [5, 5.41) is 5.12. The van der Waals surface area contributed by atoms with Gasteiger partial charge >= 0.3 is 0 Å². The third kappa shape index (κ3) is 4.15. The molecule has 3 rings (SSSR count). The minimum Gasteiger partial charge on any atom is -0.368 e. The molecule has 1 heterocycles. The van der Waals surface area contributed by atoms with Gasteiger partial charge in [0.05, 0.1) is 10.7 Å². The summed E-state index contributed by atoms with van der Waals surface area (Å²) in [5.74, 6) is -1.44. The zero-order chi connectivity index (χ0) is 17.8. The van der Waals surface area contributed by atoms with Crippen molar-refractivity contribution in [2.45, 2.75) is 18.9 Å². The van der Waals surface area contributed by atoms with Crippen molar-refractivity contribution in [2.24, 2.45) is 0 Å². The second-order valence-electron chi connectivity index (χ2n) is 5.63. The summed E-state index contributed by atoms with van der Waals surface area (Å²) in [5.41, 5.74) is 0.746. The van der Waals surface area contributed by atoms with E-state index in [4.69, 9.17) is 16.3 Å². The van der Waals surface area contributed by atoms with E-state index in [2.05, 4.69) is 10.6 Å². The molecule has 0 radical (unpaired) electrons. The summed E-state index contributed by atoms with van der Waals surface area (Å²) in [4.78, 5) is 24.4. The van der Waals surface area contributed by atoms with E-state index >= 15 is 0 Å². The van der Waals surface area contributed by atoms with Crippen molar-refractivity contribution >= 4 is 34.8 Å². The Hall–Kier alpha value is -2.44. The standard InChI is InChI=1S/C18H16ClFN2O3/c19-13-6-2-7-14(16(13)20)22-17(23)11-4-1-5-12(10-11)21-18(24)15-8-3-9-25-15/h1-2,4-7,10,15H,3,8-9H2,(H,21,24)(H,22,23)/t15-/m1/s1. The smallest absolute Gasteiger partial charge is 0.255 e. The van der Waals surface area contributed by atoms with Crippen molar-refractivity contribution in [3.8, 4) is 0 Å². The van der Waals surface area contributed by atoms with Crippen LogP contribution in [0.1, 0.15) is 23.2 Å². The molecule has 1 atom stereocenters. The normalized spacial score (nSPS) is 16.5. The van der Waals surface area contributed by atoms with Crippen LogP contribution >= 0.6 is 11.6 Å². The van der Waals surface area contributed by atoms with Crippen molar-refractivity contribution in [1.29, 1.82) is 0 Å². The minimum atomic E-state index is -0.694. The fourth-order valence-corrected chi connectivity index (χ4v) is 2.71. The Balaban J connectivity index is 1.71. The largest absolute Gasteiger partial charge is 0.368 e. The summed E-state index contributed by atoms with van der Waals surface area (Å²) < 4.78 is 19.2. The van der Waals surface area contributed by atoms with E-state index < -0.39 is 17.8 Å². The predicted molar refractivity (Wildman–Crippen MR) is 93.4 cm³/mol. The number of hydrogen-bond acceptors (Lipinski definition) is 3. The average molecular weight is 363 g/mol. The van der Waals surface area contributed by atoms with Gasteiger partial charge in [-0.1, -0.05) is 23.7 Å². The van der Waals surface area contributed by atoms with E-state index in [0.29, 0.717) is 18.7 Å². The van der Waals surface area contributed by atoms with Gasteiger partial charge in [0.25, 0.3) is 11.8 Å². The van der Waals surface area contributed by atoms with Gasteiger partial charge in [-0.05, 0) is 43.2 Å². The Morgan fingerprint density at radius 2 is 1.96 bits per heavy atom. The van der Waals surface area contributed by atoms with Crippen LogP contribution in [-0.4, -0.2) is 24.5 Å². The molecular weight excluding hydrogens is 347 g/mol. The number of halogens is 2. The van der Waals surface area contributed by atoms with Gasteiger partial charge in [0.2, 0.25) is 0 Å². The van der Waals surface area contributed by atoms with E-state index in [1.807, 2.05) is 0 Å². The number of amides is 2. The van der Waals surface area contributed by atoms with Crippen LogP contribution in [0.3, 0.4) is 0 Å². The van der Waals surface area contributed by atoms with Crippen LogP contribution in [0, 0.1) is 5.82 Å². The fraction of sp³-hybridized carbons (Fsp3) is 0.222. The van der Waals surface area contributed by atoms with Gasteiger partial charge in [0.15, 0.2) is 5.82 Å². The van der Waals surface area contributed by atoms with E-state index in [-0.39, 0.29) is 22.2 Å². The summed E-state index contributed by atoms with van der Waals surface area (Å²) in [6, 6.07) is 10.7. The Kier molecular flexibility index (Phi) is 5.31. The average Bonchev–Trinajstić information content (AvgIpc) is 3.14. The number of carbonyl (C=O) groups is 2. The number of anilines is 2. The number of carbonyl (C=O) groups excluding carboxylic acids is 2. The van der Waals surface area contributed by atoms with Crippen LogP contribution in [0.4, 0.5) is 15.8 Å².